The molecule has 1 atom stereocenters. The second kappa shape index (κ2) is 10.3. The van der Waals surface area contributed by atoms with Crippen LogP contribution in [-0.4, -0.2) is 38.0 Å². The van der Waals surface area contributed by atoms with Crippen molar-refractivity contribution in [2.45, 2.75) is 25.6 Å². The molecule has 34 heavy (non-hydrogen) atoms. The molecule has 1 heterocycles. The molecule has 0 bridgehead atoms. The van der Waals surface area contributed by atoms with Crippen molar-refractivity contribution in [3.8, 4) is 17.2 Å². The number of carbonyl (C=O) groups excluding carboxylic acids is 2. The molecule has 0 radical (unpaired) electrons. The maximum atomic E-state index is 13.2. The first-order chi connectivity index (χ1) is 16.5. The Bertz CT molecular complexity index is 1180. The molecule has 1 N–H and O–H groups in total. The zero-order valence-electron chi connectivity index (χ0n) is 19.5. The van der Waals surface area contributed by atoms with Crippen molar-refractivity contribution in [3.05, 3.63) is 89.0 Å². The number of hydrogen-bond acceptors (Lipinski definition) is 5. The molecule has 0 aromatic heterocycles. The highest BCUT2D eigenvalue weighted by Crippen LogP contribution is 2.37. The maximum absolute atomic E-state index is 13.2. The standard InChI is InChI=1S/C27H28N2O5/c1-32-21-11-8-18(9-12-21)16-28-26(30)15-23(19-10-13-24(33-2)25(14-19)34-3)29-17-20-6-4-5-7-22(20)27(29)31/h4-14,23H,15-17H2,1-3H3,(H,28,30)/t23-/m1/s1. The van der Waals surface area contributed by atoms with Gasteiger partial charge in [0.25, 0.3) is 5.91 Å². The van der Waals surface area contributed by atoms with Crippen molar-refractivity contribution in [1.29, 1.82) is 0 Å². The van der Waals surface area contributed by atoms with Crippen LogP contribution in [0.1, 0.15) is 39.5 Å². The molecule has 7 nitrogen and oxygen atoms in total. The summed E-state index contributed by atoms with van der Waals surface area (Å²) in [6.07, 6.45) is 0.116. The fourth-order valence-electron chi connectivity index (χ4n) is 4.19. The fraction of sp³-hybridized carbons (Fsp3) is 0.259. The van der Waals surface area contributed by atoms with Crippen LogP contribution in [0.4, 0.5) is 0 Å². The van der Waals surface area contributed by atoms with Crippen LogP contribution >= 0.6 is 0 Å². The first-order valence-electron chi connectivity index (χ1n) is 11.0. The molecule has 3 aromatic rings. The van der Waals surface area contributed by atoms with Gasteiger partial charge in [-0.1, -0.05) is 36.4 Å². The lowest BCUT2D eigenvalue weighted by Gasteiger charge is -2.28. The Labute approximate surface area is 199 Å². The van der Waals surface area contributed by atoms with Gasteiger partial charge in [0.2, 0.25) is 5.91 Å². The van der Waals surface area contributed by atoms with Crippen molar-refractivity contribution in [2.75, 3.05) is 21.3 Å². The monoisotopic (exact) mass is 460 g/mol. The van der Waals surface area contributed by atoms with Gasteiger partial charge in [-0.25, -0.2) is 0 Å². The highest BCUT2D eigenvalue weighted by molar-refractivity contribution is 5.98. The number of hydrogen-bond donors (Lipinski definition) is 1. The van der Waals surface area contributed by atoms with Gasteiger partial charge in [-0.2, -0.15) is 0 Å². The predicted octanol–water partition coefficient (Wildman–Crippen LogP) is 4.12. The lowest BCUT2D eigenvalue weighted by atomic mass is 10.0. The van der Waals surface area contributed by atoms with E-state index >= 15 is 0 Å². The van der Waals surface area contributed by atoms with E-state index in [2.05, 4.69) is 5.32 Å². The Kier molecular flexibility index (Phi) is 7.01. The van der Waals surface area contributed by atoms with Gasteiger partial charge >= 0.3 is 0 Å². The minimum Gasteiger partial charge on any atom is -0.497 e. The van der Waals surface area contributed by atoms with Crippen molar-refractivity contribution in [1.82, 2.24) is 10.2 Å². The Morgan fingerprint density at radius 1 is 0.941 bits per heavy atom. The Balaban J connectivity index is 1.56. The summed E-state index contributed by atoms with van der Waals surface area (Å²) < 4.78 is 16.0. The number of fused-ring (bicyclic) bond motifs is 1. The number of rotatable bonds is 9. The number of nitrogens with one attached hydrogen (secondary N) is 1. The van der Waals surface area contributed by atoms with Crippen LogP contribution in [0.5, 0.6) is 17.2 Å². The summed E-state index contributed by atoms with van der Waals surface area (Å²) in [6, 6.07) is 20.1. The summed E-state index contributed by atoms with van der Waals surface area (Å²) in [5.41, 5.74) is 3.39. The molecule has 0 unspecified atom stereocenters. The van der Waals surface area contributed by atoms with Crippen LogP contribution in [0.2, 0.25) is 0 Å². The SMILES string of the molecule is COc1ccc(CNC(=O)C[C@H](c2ccc(OC)c(OC)c2)N2Cc3ccccc3C2=O)cc1. The van der Waals surface area contributed by atoms with Gasteiger partial charge in [0.15, 0.2) is 11.5 Å². The van der Waals surface area contributed by atoms with Crippen LogP contribution in [0.3, 0.4) is 0 Å². The molecular formula is C27H28N2O5. The molecular weight excluding hydrogens is 432 g/mol. The second-order valence-corrected chi connectivity index (χ2v) is 8.05. The van der Waals surface area contributed by atoms with E-state index in [0.717, 1.165) is 22.4 Å². The number of nitrogens with zero attached hydrogens (tertiary/aromatic N) is 1. The van der Waals surface area contributed by atoms with Crippen LogP contribution in [0, 0.1) is 0 Å². The number of carbonyl (C=O) groups is 2. The van der Waals surface area contributed by atoms with Gasteiger partial charge in [0.05, 0.1) is 33.8 Å². The summed E-state index contributed by atoms with van der Waals surface area (Å²) in [6.45, 7) is 0.829. The van der Waals surface area contributed by atoms with Crippen LogP contribution in [0.15, 0.2) is 66.7 Å². The zero-order valence-corrected chi connectivity index (χ0v) is 19.5. The quantitative estimate of drug-likeness (QED) is 0.520. The molecule has 0 aliphatic carbocycles. The van der Waals surface area contributed by atoms with Crippen molar-refractivity contribution < 1.29 is 23.8 Å². The minimum atomic E-state index is -0.462. The van der Waals surface area contributed by atoms with E-state index in [1.54, 1.807) is 32.3 Å². The van der Waals surface area contributed by atoms with E-state index in [1.807, 2.05) is 60.7 Å². The third kappa shape index (κ3) is 4.83. The topological polar surface area (TPSA) is 77.1 Å². The van der Waals surface area contributed by atoms with Gasteiger partial charge < -0.3 is 24.4 Å². The van der Waals surface area contributed by atoms with Crippen molar-refractivity contribution in [2.24, 2.45) is 0 Å². The molecule has 4 rings (SSSR count). The first-order valence-corrected chi connectivity index (χ1v) is 11.0. The zero-order chi connectivity index (χ0) is 24.1. The lowest BCUT2D eigenvalue weighted by Crippen LogP contribution is -2.34. The van der Waals surface area contributed by atoms with Gasteiger partial charge in [-0.3, -0.25) is 9.59 Å². The molecule has 3 aromatic carbocycles. The van der Waals surface area contributed by atoms with E-state index in [0.29, 0.717) is 30.2 Å². The summed E-state index contributed by atoms with van der Waals surface area (Å²) in [4.78, 5) is 28.0. The maximum Gasteiger partial charge on any atom is 0.255 e. The van der Waals surface area contributed by atoms with E-state index in [1.165, 1.54) is 0 Å². The molecule has 176 valence electrons. The second-order valence-electron chi connectivity index (χ2n) is 8.05. The summed E-state index contributed by atoms with van der Waals surface area (Å²) in [5, 5.41) is 2.97. The molecule has 0 saturated carbocycles. The van der Waals surface area contributed by atoms with E-state index in [-0.39, 0.29) is 18.2 Å². The van der Waals surface area contributed by atoms with Gasteiger partial charge in [0.1, 0.15) is 5.75 Å². The van der Waals surface area contributed by atoms with E-state index in [9.17, 15) is 9.59 Å². The average molecular weight is 461 g/mol. The molecule has 0 spiro atoms. The van der Waals surface area contributed by atoms with Gasteiger partial charge in [-0.05, 0) is 47.0 Å². The predicted molar refractivity (Wildman–Crippen MR) is 128 cm³/mol. The number of ether oxygens (including phenoxy) is 3. The van der Waals surface area contributed by atoms with E-state index in [4.69, 9.17) is 14.2 Å². The normalized spacial score (nSPS) is 13.3. The number of methoxy groups -OCH3 is 3. The van der Waals surface area contributed by atoms with Crippen LogP contribution in [-0.2, 0) is 17.9 Å². The average Bonchev–Trinajstić information content (AvgIpc) is 3.22. The largest absolute Gasteiger partial charge is 0.497 e. The number of benzene rings is 3. The lowest BCUT2D eigenvalue weighted by molar-refractivity contribution is -0.122. The van der Waals surface area contributed by atoms with Crippen molar-refractivity contribution in [3.63, 3.8) is 0 Å². The van der Waals surface area contributed by atoms with E-state index < -0.39 is 6.04 Å². The summed E-state index contributed by atoms with van der Waals surface area (Å²) in [5.74, 6) is 1.66. The molecule has 0 fully saturated rings. The van der Waals surface area contributed by atoms with Crippen LogP contribution < -0.4 is 19.5 Å². The van der Waals surface area contributed by atoms with Crippen LogP contribution in [0.25, 0.3) is 0 Å². The third-order valence-electron chi connectivity index (χ3n) is 6.05. The Hall–Kier alpha value is -4.00. The fourth-order valence-corrected chi connectivity index (χ4v) is 4.19. The molecule has 7 heteroatoms. The first kappa shape index (κ1) is 23.2. The summed E-state index contributed by atoms with van der Waals surface area (Å²) >= 11 is 0. The molecule has 2 amide bonds. The van der Waals surface area contributed by atoms with Gasteiger partial charge in [0, 0.05) is 18.7 Å². The number of amides is 2. The molecule has 1 aliphatic heterocycles. The highest BCUT2D eigenvalue weighted by atomic mass is 16.5. The van der Waals surface area contributed by atoms with Gasteiger partial charge in [-0.15, -0.1) is 0 Å². The van der Waals surface area contributed by atoms with Crippen molar-refractivity contribution >= 4 is 11.8 Å². The minimum absolute atomic E-state index is 0.0849. The summed E-state index contributed by atoms with van der Waals surface area (Å²) in [7, 11) is 4.75. The highest BCUT2D eigenvalue weighted by Gasteiger charge is 2.34. The third-order valence-corrected chi connectivity index (χ3v) is 6.05. The Morgan fingerprint density at radius 3 is 2.35 bits per heavy atom. The smallest absolute Gasteiger partial charge is 0.255 e. The molecule has 0 saturated heterocycles. The molecule has 1 aliphatic rings. The Morgan fingerprint density at radius 2 is 1.68 bits per heavy atom.